The Kier molecular flexibility index (Phi) is 3.25. The molecule has 3 aromatic rings. The molecule has 1 N–H and O–H groups in total. The van der Waals surface area contributed by atoms with Crippen molar-refractivity contribution in [3.8, 4) is 5.69 Å². The first-order valence-corrected chi connectivity index (χ1v) is 6.64. The molecule has 0 aliphatic rings. The summed E-state index contributed by atoms with van der Waals surface area (Å²) in [5.74, 6) is 0.777. The zero-order chi connectivity index (χ0) is 13.9. The minimum absolute atomic E-state index is 0.347. The number of hydrogen-bond acceptors (Lipinski definition) is 3. The van der Waals surface area contributed by atoms with Gasteiger partial charge < -0.3 is 5.32 Å². The minimum Gasteiger partial charge on any atom is -0.323 e. The Morgan fingerprint density at radius 1 is 1.15 bits per heavy atom. The monoisotopic (exact) mass is 267 g/mol. The smallest absolute Gasteiger partial charge is 0.212 e. The number of anilines is 2. The van der Waals surface area contributed by atoms with Crippen LogP contribution in [-0.2, 0) is 0 Å². The number of hydrogen-bond donors (Lipinski definition) is 1. The fraction of sp³-hybridized carbons (Fsp3) is 0.200. The van der Waals surface area contributed by atoms with Gasteiger partial charge in [-0.05, 0) is 26.0 Å². The van der Waals surface area contributed by atoms with Gasteiger partial charge in [0, 0.05) is 30.3 Å². The Morgan fingerprint density at radius 2 is 1.95 bits per heavy atom. The van der Waals surface area contributed by atoms with Gasteiger partial charge in [-0.1, -0.05) is 18.2 Å². The summed E-state index contributed by atoms with van der Waals surface area (Å²) in [6, 6.07) is 10.5. The molecule has 0 spiro atoms. The van der Waals surface area contributed by atoms with Crippen LogP contribution in [0.3, 0.4) is 0 Å². The van der Waals surface area contributed by atoms with Crippen LogP contribution in [0.25, 0.3) is 5.69 Å². The summed E-state index contributed by atoms with van der Waals surface area (Å²) in [6.45, 7) is 4.20. The van der Waals surface area contributed by atoms with E-state index in [1.54, 1.807) is 6.20 Å². The van der Waals surface area contributed by atoms with Gasteiger partial charge in [-0.25, -0.2) is 4.98 Å². The largest absolute Gasteiger partial charge is 0.323 e. The van der Waals surface area contributed by atoms with Crippen LogP contribution in [0, 0.1) is 0 Å². The number of aromatic nitrogens is 4. The van der Waals surface area contributed by atoms with E-state index in [0.717, 1.165) is 17.3 Å². The van der Waals surface area contributed by atoms with Gasteiger partial charge in [-0.2, -0.15) is 5.10 Å². The van der Waals surface area contributed by atoms with E-state index in [0.29, 0.717) is 6.04 Å². The fourth-order valence-electron chi connectivity index (χ4n) is 2.01. The zero-order valence-electron chi connectivity index (χ0n) is 11.6. The molecule has 5 heteroatoms. The number of rotatable bonds is 4. The van der Waals surface area contributed by atoms with Gasteiger partial charge in [-0.3, -0.25) is 9.25 Å². The van der Waals surface area contributed by atoms with Crippen molar-refractivity contribution < 1.29 is 0 Å². The molecule has 0 saturated heterocycles. The molecule has 0 saturated carbocycles. The lowest BCUT2D eigenvalue weighted by Gasteiger charge is -2.08. The third-order valence-electron chi connectivity index (χ3n) is 3.06. The first-order chi connectivity index (χ1) is 9.74. The first-order valence-electron chi connectivity index (χ1n) is 6.64. The first kappa shape index (κ1) is 12.5. The van der Waals surface area contributed by atoms with Gasteiger partial charge in [0.2, 0.25) is 5.95 Å². The maximum atomic E-state index is 4.36. The van der Waals surface area contributed by atoms with Crippen molar-refractivity contribution in [3.63, 3.8) is 0 Å². The molecule has 2 aromatic heterocycles. The Labute approximate surface area is 117 Å². The molecule has 2 heterocycles. The molecular formula is C15H17N5. The van der Waals surface area contributed by atoms with E-state index in [4.69, 9.17) is 0 Å². The number of imidazole rings is 1. The summed E-state index contributed by atoms with van der Waals surface area (Å²) in [4.78, 5) is 4.36. The average Bonchev–Trinajstić information content (AvgIpc) is 3.09. The van der Waals surface area contributed by atoms with E-state index >= 15 is 0 Å². The maximum Gasteiger partial charge on any atom is 0.212 e. The lowest BCUT2D eigenvalue weighted by atomic mass is 10.3. The van der Waals surface area contributed by atoms with Crippen LogP contribution < -0.4 is 5.32 Å². The summed E-state index contributed by atoms with van der Waals surface area (Å²) in [5, 5.41) is 7.61. The van der Waals surface area contributed by atoms with Crippen molar-refractivity contribution in [1.82, 2.24) is 19.3 Å². The number of benzene rings is 1. The van der Waals surface area contributed by atoms with Crippen LogP contribution in [0.1, 0.15) is 19.9 Å². The summed E-state index contributed by atoms with van der Waals surface area (Å²) < 4.78 is 3.92. The molecule has 0 amide bonds. The third-order valence-corrected chi connectivity index (χ3v) is 3.06. The zero-order valence-corrected chi connectivity index (χ0v) is 11.6. The highest BCUT2D eigenvalue weighted by Crippen LogP contribution is 2.19. The van der Waals surface area contributed by atoms with E-state index in [9.17, 15) is 0 Å². The van der Waals surface area contributed by atoms with Crippen molar-refractivity contribution >= 4 is 11.6 Å². The standard InChI is InChI=1S/C15H17N5/c1-12(2)20-11-13(10-17-20)18-15-16-8-9-19(15)14-6-4-3-5-7-14/h3-12H,1-2H3,(H,16,18). The highest BCUT2D eigenvalue weighted by molar-refractivity contribution is 5.54. The van der Waals surface area contributed by atoms with E-state index in [1.807, 2.05) is 58.2 Å². The molecule has 0 atom stereocenters. The molecule has 0 radical (unpaired) electrons. The predicted octanol–water partition coefficient (Wildman–Crippen LogP) is 3.39. The summed E-state index contributed by atoms with van der Waals surface area (Å²) >= 11 is 0. The lowest BCUT2D eigenvalue weighted by Crippen LogP contribution is -2.01. The molecular weight excluding hydrogens is 250 g/mol. The Bertz CT molecular complexity index is 681. The number of para-hydroxylation sites is 1. The van der Waals surface area contributed by atoms with E-state index in [-0.39, 0.29) is 0 Å². The van der Waals surface area contributed by atoms with Gasteiger partial charge in [0.1, 0.15) is 0 Å². The van der Waals surface area contributed by atoms with Crippen LogP contribution in [0.4, 0.5) is 11.6 Å². The minimum atomic E-state index is 0.347. The third kappa shape index (κ3) is 2.42. The summed E-state index contributed by atoms with van der Waals surface area (Å²) in [5.41, 5.74) is 2.01. The second kappa shape index (κ2) is 5.21. The van der Waals surface area contributed by atoms with Crippen LogP contribution in [0.5, 0.6) is 0 Å². The fourth-order valence-corrected chi connectivity index (χ4v) is 2.01. The van der Waals surface area contributed by atoms with Gasteiger partial charge in [-0.15, -0.1) is 0 Å². The molecule has 1 aromatic carbocycles. The van der Waals surface area contributed by atoms with Crippen LogP contribution in [0.2, 0.25) is 0 Å². The Hall–Kier alpha value is -2.56. The summed E-state index contributed by atoms with van der Waals surface area (Å²) in [6.07, 6.45) is 7.51. The Balaban J connectivity index is 1.87. The van der Waals surface area contributed by atoms with Crippen molar-refractivity contribution in [1.29, 1.82) is 0 Å². The van der Waals surface area contributed by atoms with E-state index in [2.05, 4.69) is 29.2 Å². The second-order valence-electron chi connectivity index (χ2n) is 4.88. The molecule has 0 fully saturated rings. The number of nitrogens with one attached hydrogen (secondary N) is 1. The second-order valence-corrected chi connectivity index (χ2v) is 4.88. The summed E-state index contributed by atoms with van der Waals surface area (Å²) in [7, 11) is 0. The van der Waals surface area contributed by atoms with Crippen molar-refractivity contribution in [2.75, 3.05) is 5.32 Å². The van der Waals surface area contributed by atoms with Gasteiger partial charge >= 0.3 is 0 Å². The number of nitrogens with zero attached hydrogens (tertiary/aromatic N) is 4. The molecule has 5 nitrogen and oxygen atoms in total. The van der Waals surface area contributed by atoms with Crippen LogP contribution in [-0.4, -0.2) is 19.3 Å². The van der Waals surface area contributed by atoms with Crippen LogP contribution >= 0.6 is 0 Å². The van der Waals surface area contributed by atoms with Crippen molar-refractivity contribution in [2.45, 2.75) is 19.9 Å². The molecule has 20 heavy (non-hydrogen) atoms. The molecule has 102 valence electrons. The van der Waals surface area contributed by atoms with Crippen molar-refractivity contribution in [3.05, 3.63) is 55.1 Å². The topological polar surface area (TPSA) is 47.7 Å². The van der Waals surface area contributed by atoms with Gasteiger partial charge in [0.25, 0.3) is 0 Å². The highest BCUT2D eigenvalue weighted by Gasteiger charge is 2.07. The predicted molar refractivity (Wildman–Crippen MR) is 79.5 cm³/mol. The van der Waals surface area contributed by atoms with Gasteiger partial charge in [0.15, 0.2) is 0 Å². The quantitative estimate of drug-likeness (QED) is 0.788. The maximum absolute atomic E-state index is 4.36. The van der Waals surface area contributed by atoms with E-state index in [1.165, 1.54) is 0 Å². The molecule has 0 unspecified atom stereocenters. The average molecular weight is 267 g/mol. The van der Waals surface area contributed by atoms with Crippen molar-refractivity contribution in [2.24, 2.45) is 0 Å². The normalized spacial score (nSPS) is 10.9. The van der Waals surface area contributed by atoms with Crippen LogP contribution in [0.15, 0.2) is 55.1 Å². The lowest BCUT2D eigenvalue weighted by molar-refractivity contribution is 0.532. The molecule has 3 rings (SSSR count). The van der Waals surface area contributed by atoms with E-state index < -0.39 is 0 Å². The molecule has 0 aliphatic heterocycles. The Morgan fingerprint density at radius 3 is 2.65 bits per heavy atom. The highest BCUT2D eigenvalue weighted by atomic mass is 15.3. The molecule has 0 aliphatic carbocycles. The molecule has 0 bridgehead atoms. The SMILES string of the molecule is CC(C)n1cc(Nc2nccn2-c2ccccc2)cn1. The van der Waals surface area contributed by atoms with Gasteiger partial charge in [0.05, 0.1) is 11.9 Å².